The molecule has 0 bridgehead atoms. The number of benzene rings is 3. The van der Waals surface area contributed by atoms with Crippen LogP contribution < -0.4 is 39.6 Å². The first-order valence-electron chi connectivity index (χ1n) is 13.0. The van der Waals surface area contributed by atoms with E-state index in [-0.39, 0.29) is 40.1 Å². The summed E-state index contributed by atoms with van der Waals surface area (Å²) in [4.78, 5) is 10.0. The Morgan fingerprint density at radius 1 is 0.725 bits per heavy atom. The van der Waals surface area contributed by atoms with Gasteiger partial charge in [0.25, 0.3) is 5.69 Å². The van der Waals surface area contributed by atoms with Gasteiger partial charge >= 0.3 is 29.6 Å². The predicted molar refractivity (Wildman–Crippen MR) is 149 cm³/mol. The summed E-state index contributed by atoms with van der Waals surface area (Å²) in [5, 5.41) is 22.2. The molecule has 208 valence electrons. The van der Waals surface area contributed by atoms with E-state index in [0.717, 1.165) is 43.7 Å². The molecule has 0 radical (unpaired) electrons. The maximum absolute atomic E-state index is 10.9. The normalized spacial score (nSPS) is 11.2. The average molecular weight is 577 g/mol. The molecule has 10 nitrogen and oxygen atoms in total. The zero-order valence-electron chi connectivity index (χ0n) is 22.7. The first kappa shape index (κ1) is 33.4. The molecule has 0 fully saturated rings. The van der Waals surface area contributed by atoms with Crippen molar-refractivity contribution in [2.24, 2.45) is 10.2 Å². The van der Waals surface area contributed by atoms with Crippen molar-refractivity contribution in [2.45, 2.75) is 56.3 Å². The molecule has 3 aromatic carbocycles. The molecular weight excluding hydrogens is 543 g/mol. The molecule has 0 aliphatic carbocycles. The van der Waals surface area contributed by atoms with Crippen LogP contribution in [0, 0.1) is 10.1 Å². The summed E-state index contributed by atoms with van der Waals surface area (Å²) in [6.07, 6.45) is 9.05. The summed E-state index contributed by atoms with van der Waals surface area (Å²) in [5.41, 5.74) is 2.04. The molecule has 0 amide bonds. The van der Waals surface area contributed by atoms with Gasteiger partial charge in [0, 0.05) is 24.4 Å². The third kappa shape index (κ3) is 12.6. The zero-order valence-corrected chi connectivity index (χ0v) is 25.5. The standard InChI is InChI=1S/C28H34N4O6S.Na/c33-32(34)26-15-9-24(10-16-26)30-31-25-11-17-27(18-12-25)38-22-8-6-4-2-1-3-5-7-21-29-23-13-19-28(20-14-23)39(35,36)37;/h9-20,29H,1-8,21-22H2,(H,35,36,37);/q;+1/p-1. The van der Waals surface area contributed by atoms with Crippen LogP contribution >= 0.6 is 0 Å². The average Bonchev–Trinajstić information content (AvgIpc) is 2.93. The fourth-order valence-corrected chi connectivity index (χ4v) is 4.28. The summed E-state index contributed by atoms with van der Waals surface area (Å²) >= 11 is 0. The van der Waals surface area contributed by atoms with Crippen molar-refractivity contribution in [2.75, 3.05) is 18.5 Å². The molecule has 0 atom stereocenters. The second-order valence-corrected chi connectivity index (χ2v) is 10.4. The number of non-ortho nitro benzene ring substituents is 1. The van der Waals surface area contributed by atoms with Crippen LogP contribution in [0.25, 0.3) is 0 Å². The van der Waals surface area contributed by atoms with Crippen molar-refractivity contribution in [3.8, 4) is 5.75 Å². The number of azo groups is 1. The van der Waals surface area contributed by atoms with Gasteiger partial charge in [0.2, 0.25) is 0 Å². The molecule has 0 heterocycles. The number of nitro groups is 1. The third-order valence-electron chi connectivity index (χ3n) is 5.99. The van der Waals surface area contributed by atoms with Crippen LogP contribution in [0.4, 0.5) is 22.7 Å². The van der Waals surface area contributed by atoms with Gasteiger partial charge in [-0.3, -0.25) is 10.1 Å². The third-order valence-corrected chi connectivity index (χ3v) is 6.84. The molecule has 1 N–H and O–H groups in total. The second-order valence-electron chi connectivity index (χ2n) is 9.05. The Labute approximate surface area is 257 Å². The van der Waals surface area contributed by atoms with Crippen LogP contribution in [0.2, 0.25) is 0 Å². The van der Waals surface area contributed by atoms with Gasteiger partial charge in [-0.25, -0.2) is 8.42 Å². The SMILES string of the molecule is O=[N+]([O-])c1ccc(N=Nc2ccc(OCCCCCCCCCCNc3ccc(S(=O)(=O)[O-])cc3)cc2)cc1.[Na+]. The zero-order chi connectivity index (χ0) is 27.9. The van der Waals surface area contributed by atoms with E-state index in [1.807, 2.05) is 24.3 Å². The smallest absolute Gasteiger partial charge is 0.744 e. The summed E-state index contributed by atoms with van der Waals surface area (Å²) in [6.45, 7) is 1.47. The van der Waals surface area contributed by atoms with Gasteiger partial charge in [-0.2, -0.15) is 10.2 Å². The summed E-state index contributed by atoms with van der Waals surface area (Å²) in [5.74, 6) is 0.782. The summed E-state index contributed by atoms with van der Waals surface area (Å²) in [7, 11) is -4.40. The van der Waals surface area contributed by atoms with E-state index >= 15 is 0 Å². The van der Waals surface area contributed by atoms with Crippen LogP contribution in [-0.4, -0.2) is 31.0 Å². The molecule has 0 unspecified atom stereocenters. The number of nitro benzene ring substituents is 1. The molecule has 40 heavy (non-hydrogen) atoms. The Bertz CT molecular complexity index is 1300. The van der Waals surface area contributed by atoms with Gasteiger partial charge in [-0.15, -0.1) is 0 Å². The van der Waals surface area contributed by atoms with Crippen molar-refractivity contribution in [3.63, 3.8) is 0 Å². The van der Waals surface area contributed by atoms with Gasteiger partial charge in [-0.05, 0) is 73.5 Å². The largest absolute Gasteiger partial charge is 1.00 e. The van der Waals surface area contributed by atoms with E-state index in [2.05, 4.69) is 15.5 Å². The Balaban J connectivity index is 0.00000560. The molecular formula is C28H33N4NaO6S. The molecule has 0 saturated heterocycles. The predicted octanol–water partition coefficient (Wildman–Crippen LogP) is 4.53. The molecule has 3 aromatic rings. The molecule has 0 saturated carbocycles. The first-order valence-corrected chi connectivity index (χ1v) is 14.4. The maximum atomic E-state index is 10.9. The Morgan fingerprint density at radius 2 is 1.23 bits per heavy atom. The van der Waals surface area contributed by atoms with Crippen LogP contribution in [0.15, 0.2) is 87.9 Å². The molecule has 0 aromatic heterocycles. The number of nitrogens with zero attached hydrogens (tertiary/aromatic N) is 3. The second kappa shape index (κ2) is 17.8. The van der Waals surface area contributed by atoms with Crippen molar-refractivity contribution >= 4 is 32.9 Å². The number of rotatable bonds is 17. The van der Waals surface area contributed by atoms with Gasteiger partial charge in [0.1, 0.15) is 15.9 Å². The van der Waals surface area contributed by atoms with Gasteiger partial charge in [-0.1, -0.05) is 38.5 Å². The minimum Gasteiger partial charge on any atom is -0.744 e. The number of anilines is 1. The quantitative estimate of drug-likeness (QED) is 0.0620. The van der Waals surface area contributed by atoms with E-state index in [4.69, 9.17) is 4.74 Å². The first-order chi connectivity index (χ1) is 18.8. The van der Waals surface area contributed by atoms with Gasteiger partial charge in [0.05, 0.1) is 27.8 Å². The fraction of sp³-hybridized carbons (Fsp3) is 0.357. The molecule has 0 spiro atoms. The van der Waals surface area contributed by atoms with Crippen LogP contribution in [0.1, 0.15) is 51.4 Å². The van der Waals surface area contributed by atoms with E-state index in [9.17, 15) is 23.1 Å². The number of unbranched alkanes of at least 4 members (excludes halogenated alkanes) is 7. The maximum Gasteiger partial charge on any atom is 1.00 e. The van der Waals surface area contributed by atoms with Crippen molar-refractivity contribution < 1.29 is 52.2 Å². The van der Waals surface area contributed by atoms with E-state index in [1.54, 1.807) is 24.3 Å². The Kier molecular flexibility index (Phi) is 14.8. The number of nitrogens with one attached hydrogen (secondary N) is 1. The van der Waals surface area contributed by atoms with Gasteiger partial charge in [0.15, 0.2) is 0 Å². The molecule has 0 aliphatic rings. The number of hydrogen-bond donors (Lipinski definition) is 1. The minimum atomic E-state index is -4.40. The van der Waals surface area contributed by atoms with E-state index < -0.39 is 15.0 Å². The van der Waals surface area contributed by atoms with Crippen molar-refractivity contribution in [1.82, 2.24) is 0 Å². The van der Waals surface area contributed by atoms with Crippen molar-refractivity contribution in [1.29, 1.82) is 0 Å². The molecule has 0 aliphatic heterocycles. The van der Waals surface area contributed by atoms with E-state index in [1.165, 1.54) is 49.9 Å². The fourth-order valence-electron chi connectivity index (χ4n) is 3.82. The summed E-state index contributed by atoms with van der Waals surface area (Å²) < 4.78 is 38.6. The number of hydrogen-bond acceptors (Lipinski definition) is 9. The minimum absolute atomic E-state index is 0. The summed E-state index contributed by atoms with van der Waals surface area (Å²) in [6, 6.07) is 19.1. The Hall–Kier alpha value is -2.83. The molecule has 3 rings (SSSR count). The van der Waals surface area contributed by atoms with Crippen LogP contribution in [-0.2, 0) is 10.1 Å². The van der Waals surface area contributed by atoms with E-state index in [0.29, 0.717) is 18.0 Å². The number of ether oxygens (including phenoxy) is 1. The molecule has 12 heteroatoms. The monoisotopic (exact) mass is 576 g/mol. The topological polar surface area (TPSA) is 146 Å². The van der Waals surface area contributed by atoms with Crippen LogP contribution in [0.3, 0.4) is 0 Å². The Morgan fingerprint density at radius 3 is 1.75 bits per heavy atom. The van der Waals surface area contributed by atoms with Crippen LogP contribution in [0.5, 0.6) is 5.75 Å². The van der Waals surface area contributed by atoms with Crippen molar-refractivity contribution in [3.05, 3.63) is 82.9 Å². The van der Waals surface area contributed by atoms with Gasteiger partial charge < -0.3 is 14.6 Å².